The van der Waals surface area contributed by atoms with Gasteiger partial charge in [0.15, 0.2) is 13.9 Å². The summed E-state index contributed by atoms with van der Waals surface area (Å²) in [5, 5.41) is 9.85. The second-order valence-corrected chi connectivity index (χ2v) is 17.9. The van der Waals surface area contributed by atoms with Crippen molar-refractivity contribution in [2.75, 3.05) is 29.5 Å². The Hall–Kier alpha value is -3.83. The number of ether oxygens (including phenoxy) is 1. The van der Waals surface area contributed by atoms with Crippen molar-refractivity contribution < 1.29 is 29.0 Å². The minimum atomic E-state index is -3.04. The fourth-order valence-corrected chi connectivity index (χ4v) is 10.7. The SMILES string of the molecule is C[C@@H]1[C@@H]([Si](C)(C)O)[C@H](CC(=O)N(CCO)Cc2ccccc2)O[C@@]12C(=O)N(c1ccccc1)c1ccc(N3CCCCCCC3=O)cc12. The van der Waals surface area contributed by atoms with Gasteiger partial charge in [-0.2, -0.15) is 0 Å². The Bertz CT molecular complexity index is 1630. The van der Waals surface area contributed by atoms with Crippen LogP contribution in [0.1, 0.15) is 56.6 Å². The van der Waals surface area contributed by atoms with Crippen LogP contribution in [0.4, 0.5) is 17.1 Å². The second-order valence-electron chi connectivity index (χ2n) is 14.0. The monoisotopic (exact) mass is 669 g/mol. The molecule has 3 aromatic rings. The molecule has 3 aliphatic heterocycles. The quantitative estimate of drug-likeness (QED) is 0.276. The standard InChI is InChI=1S/C38H47N3O6Si/c1-27-36(48(2,3)46)33(25-35(44)39(22-23-42)26-28-14-8-6-9-15-28)47-38(27)31-24-30(40-21-13-5-4-12-18-34(40)43)19-20-32(31)41(37(38)45)29-16-10-7-11-17-29/h6-11,14-17,19-20,24,27,33,36,42,46H,4-5,12-13,18,21-23,25-26H2,1-3H3/t27-,33+,36-,38+/m1/s1. The van der Waals surface area contributed by atoms with E-state index in [1.165, 1.54) is 0 Å². The van der Waals surface area contributed by atoms with Crippen molar-refractivity contribution in [1.29, 1.82) is 0 Å². The number of fused-ring (bicyclic) bond motifs is 2. The van der Waals surface area contributed by atoms with E-state index in [4.69, 9.17) is 4.74 Å². The smallest absolute Gasteiger partial charge is 0.268 e. The van der Waals surface area contributed by atoms with Crippen LogP contribution >= 0.6 is 0 Å². The Morgan fingerprint density at radius 3 is 2.33 bits per heavy atom. The van der Waals surface area contributed by atoms with Crippen LogP contribution in [0.2, 0.25) is 18.6 Å². The van der Waals surface area contributed by atoms with E-state index >= 15 is 0 Å². The first-order chi connectivity index (χ1) is 23.1. The topological polar surface area (TPSA) is 111 Å². The van der Waals surface area contributed by atoms with Gasteiger partial charge in [0.25, 0.3) is 5.91 Å². The van der Waals surface area contributed by atoms with Gasteiger partial charge < -0.3 is 24.4 Å². The fourth-order valence-electron chi connectivity index (χ4n) is 8.14. The number of carbonyl (C=O) groups excluding carboxylic acids is 3. The molecule has 2 saturated heterocycles. The third kappa shape index (κ3) is 6.34. The summed E-state index contributed by atoms with van der Waals surface area (Å²) in [7, 11) is -3.04. The Morgan fingerprint density at radius 1 is 0.958 bits per heavy atom. The van der Waals surface area contributed by atoms with Crippen LogP contribution in [0.5, 0.6) is 0 Å². The van der Waals surface area contributed by atoms with Crippen LogP contribution in [0, 0.1) is 5.92 Å². The van der Waals surface area contributed by atoms with E-state index < -0.39 is 31.5 Å². The number of carbonyl (C=O) groups is 3. The summed E-state index contributed by atoms with van der Waals surface area (Å²) in [4.78, 5) is 59.2. The highest BCUT2D eigenvalue weighted by molar-refractivity contribution is 6.71. The summed E-state index contributed by atoms with van der Waals surface area (Å²) in [5.74, 6) is -0.875. The molecule has 9 nitrogen and oxygen atoms in total. The Morgan fingerprint density at radius 2 is 1.65 bits per heavy atom. The maximum Gasteiger partial charge on any atom is 0.268 e. The van der Waals surface area contributed by atoms with Gasteiger partial charge in [0.1, 0.15) is 0 Å². The first-order valence-electron chi connectivity index (χ1n) is 17.2. The number of rotatable bonds is 9. The highest BCUT2D eigenvalue weighted by Crippen LogP contribution is 2.61. The molecule has 10 heteroatoms. The molecule has 0 bridgehead atoms. The minimum absolute atomic E-state index is 0.0428. The van der Waals surface area contributed by atoms with Crippen LogP contribution in [0.25, 0.3) is 0 Å². The van der Waals surface area contributed by atoms with Crippen molar-refractivity contribution in [3.8, 4) is 0 Å². The molecule has 0 aliphatic carbocycles. The van der Waals surface area contributed by atoms with Gasteiger partial charge in [-0.15, -0.1) is 0 Å². The summed E-state index contributed by atoms with van der Waals surface area (Å²) in [6, 6.07) is 24.8. The normalized spacial score (nSPS) is 24.5. The predicted molar refractivity (Wildman–Crippen MR) is 188 cm³/mol. The molecule has 0 radical (unpaired) electrons. The lowest BCUT2D eigenvalue weighted by molar-refractivity contribution is -0.149. The number of hydrogen-bond acceptors (Lipinski definition) is 6. The summed E-state index contributed by atoms with van der Waals surface area (Å²) >= 11 is 0. The van der Waals surface area contributed by atoms with Crippen LogP contribution in [0.3, 0.4) is 0 Å². The zero-order valence-corrected chi connectivity index (χ0v) is 29.2. The zero-order valence-electron chi connectivity index (χ0n) is 28.2. The first-order valence-corrected chi connectivity index (χ1v) is 20.3. The van der Waals surface area contributed by atoms with Gasteiger partial charge in [0, 0.05) is 54.5 Å². The number of benzene rings is 3. The van der Waals surface area contributed by atoms with Crippen molar-refractivity contribution in [2.45, 2.75) is 82.3 Å². The first kappa shape index (κ1) is 34.0. The molecule has 0 aromatic heterocycles. The van der Waals surface area contributed by atoms with Crippen LogP contribution in [0.15, 0.2) is 78.9 Å². The highest BCUT2D eigenvalue weighted by Gasteiger charge is 2.66. The number of aliphatic hydroxyl groups is 1. The summed E-state index contributed by atoms with van der Waals surface area (Å²) < 4.78 is 6.98. The van der Waals surface area contributed by atoms with Crippen LogP contribution < -0.4 is 9.80 Å². The molecule has 2 fully saturated rings. The zero-order chi connectivity index (χ0) is 34.1. The third-order valence-electron chi connectivity index (χ3n) is 10.3. The lowest BCUT2D eigenvalue weighted by atomic mass is 9.82. The van der Waals surface area contributed by atoms with Crippen molar-refractivity contribution in [3.63, 3.8) is 0 Å². The van der Waals surface area contributed by atoms with Crippen LogP contribution in [-0.2, 0) is 31.3 Å². The molecule has 3 amide bonds. The number of nitrogens with zero attached hydrogens (tertiary/aromatic N) is 3. The molecule has 254 valence electrons. The molecular formula is C38H47N3O6Si. The molecule has 4 atom stereocenters. The maximum absolute atomic E-state index is 15.0. The lowest BCUT2D eigenvalue weighted by Gasteiger charge is -2.33. The van der Waals surface area contributed by atoms with Gasteiger partial charge in [-0.05, 0) is 61.8 Å². The summed E-state index contributed by atoms with van der Waals surface area (Å²) in [6.45, 7) is 6.54. The van der Waals surface area contributed by atoms with E-state index in [2.05, 4.69) is 0 Å². The van der Waals surface area contributed by atoms with Gasteiger partial charge in [0.2, 0.25) is 11.8 Å². The maximum atomic E-state index is 15.0. The molecule has 0 saturated carbocycles. The number of anilines is 3. The molecule has 3 aromatic carbocycles. The van der Waals surface area contributed by atoms with Gasteiger partial charge in [-0.3, -0.25) is 19.3 Å². The Kier molecular flexibility index (Phi) is 9.90. The minimum Gasteiger partial charge on any atom is -0.432 e. The average Bonchev–Trinajstić information content (AvgIpc) is 3.49. The molecular weight excluding hydrogens is 623 g/mol. The van der Waals surface area contributed by atoms with E-state index in [0.717, 1.165) is 36.9 Å². The average molecular weight is 670 g/mol. The number of aliphatic hydroxyl groups excluding tert-OH is 1. The number of amides is 3. The van der Waals surface area contributed by atoms with Gasteiger partial charge in [-0.25, -0.2) is 0 Å². The van der Waals surface area contributed by atoms with E-state index in [-0.39, 0.29) is 37.3 Å². The Labute approximate surface area is 284 Å². The third-order valence-corrected chi connectivity index (χ3v) is 12.8. The van der Waals surface area contributed by atoms with Crippen molar-refractivity contribution in [3.05, 3.63) is 90.0 Å². The van der Waals surface area contributed by atoms with E-state index in [1.54, 1.807) is 9.80 Å². The molecule has 48 heavy (non-hydrogen) atoms. The lowest BCUT2D eigenvalue weighted by Crippen LogP contribution is -2.45. The molecule has 6 rings (SSSR count). The van der Waals surface area contributed by atoms with Gasteiger partial charge in [-0.1, -0.05) is 68.3 Å². The van der Waals surface area contributed by atoms with Gasteiger partial charge in [0.05, 0.1) is 24.8 Å². The molecule has 3 aliphatic rings. The summed E-state index contributed by atoms with van der Waals surface area (Å²) in [5.41, 5.74) is 1.77. The van der Waals surface area contributed by atoms with E-state index in [0.29, 0.717) is 36.4 Å². The predicted octanol–water partition coefficient (Wildman–Crippen LogP) is 5.87. The molecule has 0 unspecified atom stereocenters. The van der Waals surface area contributed by atoms with Gasteiger partial charge >= 0.3 is 0 Å². The fraction of sp³-hybridized carbons (Fsp3) is 0.447. The van der Waals surface area contributed by atoms with Crippen molar-refractivity contribution in [2.24, 2.45) is 5.92 Å². The number of para-hydroxylation sites is 1. The largest absolute Gasteiger partial charge is 0.432 e. The Balaban J connectivity index is 1.42. The number of hydrogen-bond donors (Lipinski definition) is 2. The van der Waals surface area contributed by atoms with Crippen LogP contribution in [-0.4, -0.2) is 66.6 Å². The highest BCUT2D eigenvalue weighted by atomic mass is 28.4. The molecule has 1 spiro atoms. The molecule has 2 N–H and O–H groups in total. The summed E-state index contributed by atoms with van der Waals surface area (Å²) in [6.07, 6.45) is 3.56. The van der Waals surface area contributed by atoms with Crippen molar-refractivity contribution >= 4 is 43.1 Å². The van der Waals surface area contributed by atoms with E-state index in [1.807, 2.05) is 104 Å². The molecule has 3 heterocycles. The van der Waals surface area contributed by atoms with E-state index in [9.17, 15) is 24.3 Å². The van der Waals surface area contributed by atoms with Crippen molar-refractivity contribution in [1.82, 2.24) is 4.90 Å². The second kappa shape index (κ2) is 14.0.